The molecule has 0 bridgehead atoms. The van der Waals surface area contributed by atoms with Gasteiger partial charge in [-0.1, -0.05) is 33.1 Å². The fourth-order valence-corrected chi connectivity index (χ4v) is 3.84. The summed E-state index contributed by atoms with van der Waals surface area (Å²) in [5.74, 6) is 0. The van der Waals surface area contributed by atoms with Crippen LogP contribution in [0.15, 0.2) is 0 Å². The van der Waals surface area contributed by atoms with E-state index in [0.29, 0.717) is 24.1 Å². The monoisotopic (exact) mass is 268 g/mol. The molecule has 1 unspecified atom stereocenters. The lowest BCUT2D eigenvalue weighted by Gasteiger charge is -2.42. The van der Waals surface area contributed by atoms with E-state index in [4.69, 9.17) is 0 Å². The molecule has 2 fully saturated rings. The Morgan fingerprint density at radius 2 is 1.95 bits per heavy atom. The summed E-state index contributed by atoms with van der Waals surface area (Å²) in [6.07, 6.45) is 9.28. The lowest BCUT2D eigenvalue weighted by atomic mass is 9.84. The van der Waals surface area contributed by atoms with Crippen LogP contribution in [0.3, 0.4) is 0 Å². The molecule has 2 N–H and O–H groups in total. The highest BCUT2D eigenvalue weighted by Gasteiger charge is 2.37. The number of nitrogens with one attached hydrogen (secondary N) is 1. The Kier molecular flexibility index (Phi) is 5.67. The van der Waals surface area contributed by atoms with E-state index >= 15 is 0 Å². The van der Waals surface area contributed by atoms with E-state index in [1.165, 1.54) is 58.0 Å². The highest BCUT2D eigenvalue weighted by atomic mass is 16.3. The van der Waals surface area contributed by atoms with Crippen molar-refractivity contribution in [2.45, 2.75) is 70.9 Å². The van der Waals surface area contributed by atoms with Crippen LogP contribution in [0.2, 0.25) is 0 Å². The minimum absolute atomic E-state index is 0.341. The van der Waals surface area contributed by atoms with E-state index in [-0.39, 0.29) is 0 Å². The van der Waals surface area contributed by atoms with E-state index in [0.717, 1.165) is 6.54 Å². The van der Waals surface area contributed by atoms with Gasteiger partial charge >= 0.3 is 0 Å². The number of aliphatic hydroxyl groups is 1. The van der Waals surface area contributed by atoms with Crippen LogP contribution in [-0.4, -0.2) is 48.3 Å². The molecule has 2 rings (SSSR count). The molecule has 1 aliphatic heterocycles. The summed E-state index contributed by atoms with van der Waals surface area (Å²) in [6, 6.07) is 0.998. The average molecular weight is 268 g/mol. The molecule has 0 amide bonds. The molecule has 1 atom stereocenters. The molecule has 2 aliphatic rings. The zero-order valence-corrected chi connectivity index (χ0v) is 12.8. The lowest BCUT2D eigenvalue weighted by molar-refractivity contribution is 0.0478. The molecule has 0 aromatic carbocycles. The van der Waals surface area contributed by atoms with Gasteiger partial charge in [0.2, 0.25) is 0 Å². The molecule has 0 aromatic heterocycles. The molecule has 0 spiro atoms. The number of piperidine rings is 1. The SMILES string of the molecule is CC(C)NCC1(CN2CCCCC2CO)CCCC1. The number of nitrogens with zero attached hydrogens (tertiary/aromatic N) is 1. The first-order valence-corrected chi connectivity index (χ1v) is 8.23. The molecule has 0 aromatic rings. The fraction of sp³-hybridized carbons (Fsp3) is 1.00. The summed E-state index contributed by atoms with van der Waals surface area (Å²) in [5, 5.41) is 13.2. The van der Waals surface area contributed by atoms with Crippen molar-refractivity contribution < 1.29 is 5.11 Å². The summed E-state index contributed by atoms with van der Waals surface area (Å²) in [7, 11) is 0. The Morgan fingerprint density at radius 1 is 1.21 bits per heavy atom. The molecule has 3 nitrogen and oxygen atoms in total. The average Bonchev–Trinajstić information content (AvgIpc) is 2.86. The fourth-order valence-electron chi connectivity index (χ4n) is 3.84. The third-order valence-corrected chi connectivity index (χ3v) is 5.05. The topological polar surface area (TPSA) is 35.5 Å². The van der Waals surface area contributed by atoms with Crippen molar-refractivity contribution >= 4 is 0 Å². The van der Waals surface area contributed by atoms with E-state index < -0.39 is 0 Å². The molecule has 0 radical (unpaired) electrons. The van der Waals surface area contributed by atoms with Crippen molar-refractivity contribution in [3.63, 3.8) is 0 Å². The zero-order chi connectivity index (χ0) is 13.7. The van der Waals surface area contributed by atoms with Crippen molar-refractivity contribution in [1.82, 2.24) is 10.2 Å². The summed E-state index contributed by atoms with van der Waals surface area (Å²) in [6.45, 7) is 8.35. The first-order chi connectivity index (χ1) is 9.15. The van der Waals surface area contributed by atoms with Crippen LogP contribution in [0.4, 0.5) is 0 Å². The maximum atomic E-state index is 9.58. The number of hydrogen-bond donors (Lipinski definition) is 2. The summed E-state index contributed by atoms with van der Waals surface area (Å²) in [4.78, 5) is 2.58. The van der Waals surface area contributed by atoms with Crippen molar-refractivity contribution in [3.05, 3.63) is 0 Å². The van der Waals surface area contributed by atoms with Gasteiger partial charge in [0.25, 0.3) is 0 Å². The Bertz CT molecular complexity index is 261. The van der Waals surface area contributed by atoms with Crippen molar-refractivity contribution in [3.8, 4) is 0 Å². The van der Waals surface area contributed by atoms with Gasteiger partial charge in [-0.05, 0) is 37.6 Å². The second-order valence-corrected chi connectivity index (χ2v) is 7.05. The van der Waals surface area contributed by atoms with Crippen LogP contribution in [0.25, 0.3) is 0 Å². The van der Waals surface area contributed by atoms with Crippen LogP contribution in [-0.2, 0) is 0 Å². The minimum Gasteiger partial charge on any atom is -0.395 e. The molecule has 1 heterocycles. The smallest absolute Gasteiger partial charge is 0.0586 e. The number of likely N-dealkylation sites (tertiary alicyclic amines) is 1. The molecule has 3 heteroatoms. The number of hydrogen-bond acceptors (Lipinski definition) is 3. The van der Waals surface area contributed by atoms with E-state index in [1.807, 2.05) is 0 Å². The standard InChI is InChI=1S/C16H32N2O/c1-14(2)17-12-16(8-4-5-9-16)13-18-10-6-3-7-15(18)11-19/h14-15,17,19H,3-13H2,1-2H3. The van der Waals surface area contributed by atoms with Gasteiger partial charge in [0.05, 0.1) is 6.61 Å². The Balaban J connectivity index is 1.94. The second kappa shape index (κ2) is 7.05. The highest BCUT2D eigenvalue weighted by Crippen LogP contribution is 2.39. The minimum atomic E-state index is 0.341. The van der Waals surface area contributed by atoms with Gasteiger partial charge in [0.15, 0.2) is 0 Å². The van der Waals surface area contributed by atoms with Crippen molar-refractivity contribution in [2.24, 2.45) is 5.41 Å². The van der Waals surface area contributed by atoms with Crippen LogP contribution in [0.1, 0.15) is 58.8 Å². The van der Waals surface area contributed by atoms with Gasteiger partial charge in [-0.2, -0.15) is 0 Å². The van der Waals surface area contributed by atoms with E-state index in [2.05, 4.69) is 24.1 Å². The normalized spacial score (nSPS) is 28.1. The van der Waals surface area contributed by atoms with Gasteiger partial charge in [-0.15, -0.1) is 0 Å². The zero-order valence-electron chi connectivity index (χ0n) is 12.8. The summed E-state index contributed by atoms with van der Waals surface area (Å²) in [5.41, 5.74) is 0.467. The van der Waals surface area contributed by atoms with Crippen LogP contribution in [0.5, 0.6) is 0 Å². The maximum Gasteiger partial charge on any atom is 0.0586 e. The van der Waals surface area contributed by atoms with Gasteiger partial charge in [-0.25, -0.2) is 0 Å². The van der Waals surface area contributed by atoms with Crippen molar-refractivity contribution in [1.29, 1.82) is 0 Å². The first-order valence-electron chi connectivity index (χ1n) is 8.23. The van der Waals surface area contributed by atoms with Crippen LogP contribution in [0, 0.1) is 5.41 Å². The molecule has 112 valence electrons. The van der Waals surface area contributed by atoms with Gasteiger partial charge in [0.1, 0.15) is 0 Å². The van der Waals surface area contributed by atoms with E-state index in [1.54, 1.807) is 0 Å². The number of rotatable bonds is 6. The summed E-state index contributed by atoms with van der Waals surface area (Å²) >= 11 is 0. The Morgan fingerprint density at radius 3 is 2.58 bits per heavy atom. The van der Waals surface area contributed by atoms with Crippen molar-refractivity contribution in [2.75, 3.05) is 26.2 Å². The van der Waals surface area contributed by atoms with Gasteiger partial charge < -0.3 is 10.4 Å². The predicted octanol–water partition coefficient (Wildman–Crippen LogP) is 2.39. The second-order valence-electron chi connectivity index (χ2n) is 7.05. The van der Waals surface area contributed by atoms with Crippen LogP contribution >= 0.6 is 0 Å². The largest absolute Gasteiger partial charge is 0.395 e. The Hall–Kier alpha value is -0.120. The third kappa shape index (κ3) is 4.17. The lowest BCUT2D eigenvalue weighted by Crippen LogP contribution is -2.50. The predicted molar refractivity (Wildman–Crippen MR) is 80.3 cm³/mol. The van der Waals surface area contributed by atoms with E-state index in [9.17, 15) is 5.11 Å². The van der Waals surface area contributed by atoms with Gasteiger partial charge in [-0.3, -0.25) is 4.90 Å². The molecule has 19 heavy (non-hydrogen) atoms. The van der Waals surface area contributed by atoms with Gasteiger partial charge in [0, 0.05) is 25.2 Å². The molecular weight excluding hydrogens is 236 g/mol. The third-order valence-electron chi connectivity index (χ3n) is 5.05. The number of aliphatic hydroxyl groups excluding tert-OH is 1. The molecule has 1 saturated carbocycles. The highest BCUT2D eigenvalue weighted by molar-refractivity contribution is 4.92. The Labute approximate surface area is 118 Å². The maximum absolute atomic E-state index is 9.58. The quantitative estimate of drug-likeness (QED) is 0.776. The molecular formula is C16H32N2O. The first kappa shape index (κ1) is 15.3. The van der Waals surface area contributed by atoms with Crippen LogP contribution < -0.4 is 5.32 Å². The molecule has 1 saturated heterocycles. The molecule has 1 aliphatic carbocycles. The summed E-state index contributed by atoms with van der Waals surface area (Å²) < 4.78 is 0.